The summed E-state index contributed by atoms with van der Waals surface area (Å²) in [6.45, 7) is 3.48. The Kier molecular flexibility index (Phi) is 2.50. The molecule has 0 unspecified atom stereocenters. The summed E-state index contributed by atoms with van der Waals surface area (Å²) in [4.78, 5) is 6.87. The number of nitrogens with zero attached hydrogens (tertiary/aromatic N) is 2. The number of alkyl halides is 1. The van der Waals surface area contributed by atoms with E-state index in [-0.39, 0.29) is 21.5 Å². The number of halogens is 1. The molecule has 0 bridgehead atoms. The van der Waals surface area contributed by atoms with E-state index < -0.39 is 0 Å². The van der Waals surface area contributed by atoms with Gasteiger partial charge in [0.1, 0.15) is 0 Å². The van der Waals surface area contributed by atoms with Gasteiger partial charge in [0.15, 0.2) is 0 Å². The third kappa shape index (κ3) is 1.77. The van der Waals surface area contributed by atoms with Crippen molar-refractivity contribution in [2.24, 2.45) is 4.99 Å². The van der Waals surface area contributed by atoms with E-state index in [4.69, 9.17) is 0 Å². The van der Waals surface area contributed by atoms with Crippen LogP contribution in [0.15, 0.2) is 4.99 Å². The van der Waals surface area contributed by atoms with E-state index in [0.717, 1.165) is 6.54 Å². The van der Waals surface area contributed by atoms with Gasteiger partial charge in [-0.25, -0.2) is 0 Å². The number of fused-ring (bicyclic) bond motifs is 1. The molecule has 1 saturated heterocycles. The van der Waals surface area contributed by atoms with Crippen LogP contribution >= 0.6 is 0 Å². The molecule has 4 heteroatoms. The minimum absolute atomic E-state index is 0.219. The van der Waals surface area contributed by atoms with Crippen LogP contribution in [0.3, 0.4) is 0 Å². The molecule has 0 radical (unpaired) electrons. The van der Waals surface area contributed by atoms with E-state index in [1.807, 2.05) is 0 Å². The molecule has 0 saturated carbocycles. The molecule has 0 aromatic carbocycles. The third-order valence-electron chi connectivity index (χ3n) is 1.95. The second-order valence-corrected chi connectivity index (χ2v) is 5.20. The zero-order valence-electron chi connectivity index (χ0n) is 6.52. The van der Waals surface area contributed by atoms with Gasteiger partial charge < -0.3 is 0 Å². The topological polar surface area (TPSA) is 27.6 Å². The standard InChI is InChI=1S/C7H13IN3/c1-3-8-10-7-9-4-2-6-11(7)5-1/h1-6H2,(H,9,10)/q-1. The van der Waals surface area contributed by atoms with Crippen LogP contribution in [0.25, 0.3) is 0 Å². The number of nitrogens with one attached hydrogen (secondary N) is 1. The van der Waals surface area contributed by atoms with Gasteiger partial charge in [0.2, 0.25) is 0 Å². The molecule has 3 nitrogen and oxygen atoms in total. The number of hydrogen-bond acceptors (Lipinski definition) is 3. The molecule has 0 aromatic heterocycles. The molecule has 1 fully saturated rings. The molecule has 2 rings (SSSR count). The fraction of sp³-hybridized carbons (Fsp3) is 0.857. The van der Waals surface area contributed by atoms with Gasteiger partial charge in [0.25, 0.3) is 0 Å². The van der Waals surface area contributed by atoms with E-state index in [2.05, 4.69) is 13.4 Å². The van der Waals surface area contributed by atoms with Crippen molar-refractivity contribution in [1.82, 2.24) is 8.43 Å². The average molecular weight is 266 g/mol. The monoisotopic (exact) mass is 266 g/mol. The Labute approximate surface area is 77.9 Å². The molecule has 64 valence electrons. The van der Waals surface area contributed by atoms with E-state index in [9.17, 15) is 0 Å². The first-order chi connectivity index (χ1) is 5.47. The fourth-order valence-electron chi connectivity index (χ4n) is 1.38. The third-order valence-corrected chi connectivity index (χ3v) is 4.12. The predicted molar refractivity (Wildman–Crippen MR) is 41.1 cm³/mol. The van der Waals surface area contributed by atoms with Crippen molar-refractivity contribution in [2.75, 3.05) is 24.1 Å². The molecular formula is C7H13IN3-. The number of aliphatic imine (C=N–C) groups is 1. The van der Waals surface area contributed by atoms with Crippen LogP contribution in [0.5, 0.6) is 0 Å². The molecule has 0 spiro atoms. The second-order valence-electron chi connectivity index (χ2n) is 2.82. The first kappa shape index (κ1) is 7.64. The Hall–Kier alpha value is -0.0000000000000000555. The van der Waals surface area contributed by atoms with Crippen LogP contribution in [-0.4, -0.2) is 34.9 Å². The number of hydrogen-bond donors (Lipinski definition) is 1. The van der Waals surface area contributed by atoms with Crippen molar-refractivity contribution >= 4 is 5.96 Å². The minimum atomic E-state index is 0.219. The van der Waals surface area contributed by atoms with E-state index in [0.29, 0.717) is 0 Å². The molecule has 1 N–H and O–H groups in total. The molecule has 0 aromatic rings. The summed E-state index contributed by atoms with van der Waals surface area (Å²) in [7, 11) is 0. The normalized spacial score (nSPS) is 25.5. The summed E-state index contributed by atoms with van der Waals surface area (Å²) in [5.74, 6) is 1.20. The molecule has 2 aliphatic rings. The molecular weight excluding hydrogens is 253 g/mol. The molecule has 0 amide bonds. The van der Waals surface area contributed by atoms with Crippen molar-refractivity contribution in [3.05, 3.63) is 0 Å². The molecule has 11 heavy (non-hydrogen) atoms. The Balaban J connectivity index is 2.07. The maximum absolute atomic E-state index is 4.47. The zero-order valence-corrected chi connectivity index (χ0v) is 8.67. The first-order valence-electron chi connectivity index (χ1n) is 4.10. The van der Waals surface area contributed by atoms with Crippen molar-refractivity contribution in [2.45, 2.75) is 12.8 Å². The summed E-state index contributed by atoms with van der Waals surface area (Å²) < 4.78 is 4.87. The van der Waals surface area contributed by atoms with Crippen molar-refractivity contribution in [3.8, 4) is 0 Å². The Morgan fingerprint density at radius 3 is 3.27 bits per heavy atom. The Bertz CT molecular complexity index is 169. The van der Waals surface area contributed by atoms with Gasteiger partial charge in [-0.05, 0) is 0 Å². The van der Waals surface area contributed by atoms with Crippen LogP contribution in [-0.2, 0) is 0 Å². The van der Waals surface area contributed by atoms with Crippen molar-refractivity contribution < 1.29 is 21.5 Å². The van der Waals surface area contributed by atoms with E-state index in [1.165, 1.54) is 36.3 Å². The van der Waals surface area contributed by atoms with Crippen LogP contribution in [0.4, 0.5) is 0 Å². The van der Waals surface area contributed by atoms with Gasteiger partial charge in [0.05, 0.1) is 0 Å². The summed E-state index contributed by atoms with van der Waals surface area (Å²) >= 11 is 0.219. The van der Waals surface area contributed by atoms with Crippen LogP contribution < -0.4 is 25.0 Å². The van der Waals surface area contributed by atoms with E-state index >= 15 is 0 Å². The van der Waals surface area contributed by atoms with Crippen LogP contribution in [0, 0.1) is 0 Å². The van der Waals surface area contributed by atoms with Gasteiger partial charge in [0, 0.05) is 0 Å². The first-order valence-corrected chi connectivity index (χ1v) is 6.71. The van der Waals surface area contributed by atoms with E-state index in [1.54, 1.807) is 0 Å². The number of guanidine groups is 1. The van der Waals surface area contributed by atoms with Gasteiger partial charge in [-0.1, -0.05) is 0 Å². The summed E-state index contributed by atoms with van der Waals surface area (Å²) in [5.41, 5.74) is 0. The summed E-state index contributed by atoms with van der Waals surface area (Å²) in [6.07, 6.45) is 2.60. The zero-order chi connectivity index (χ0) is 7.52. The summed E-state index contributed by atoms with van der Waals surface area (Å²) in [5, 5.41) is 0. The second kappa shape index (κ2) is 3.60. The summed E-state index contributed by atoms with van der Waals surface area (Å²) in [6, 6.07) is 0. The maximum atomic E-state index is 4.47. The van der Waals surface area contributed by atoms with Crippen molar-refractivity contribution in [1.29, 1.82) is 0 Å². The van der Waals surface area contributed by atoms with Crippen molar-refractivity contribution in [3.63, 3.8) is 0 Å². The van der Waals surface area contributed by atoms with Gasteiger partial charge in [-0.3, -0.25) is 0 Å². The van der Waals surface area contributed by atoms with Gasteiger partial charge in [-0.2, -0.15) is 0 Å². The molecule has 0 atom stereocenters. The Morgan fingerprint density at radius 1 is 1.36 bits per heavy atom. The van der Waals surface area contributed by atoms with Gasteiger partial charge >= 0.3 is 77.8 Å². The Morgan fingerprint density at radius 2 is 2.27 bits per heavy atom. The van der Waals surface area contributed by atoms with Crippen LogP contribution in [0.2, 0.25) is 0 Å². The van der Waals surface area contributed by atoms with Gasteiger partial charge in [-0.15, -0.1) is 0 Å². The van der Waals surface area contributed by atoms with Crippen LogP contribution in [0.1, 0.15) is 12.8 Å². The molecule has 2 heterocycles. The SMILES string of the molecule is C1CN=C2N[I-]CCCN2C1. The predicted octanol–water partition coefficient (Wildman–Crippen LogP) is -2.95. The number of rotatable bonds is 0. The fourth-order valence-corrected chi connectivity index (χ4v) is 3.23. The quantitative estimate of drug-likeness (QED) is 0.288. The molecule has 2 aliphatic heterocycles. The average Bonchev–Trinajstić information content (AvgIpc) is 2.28. The molecule has 0 aliphatic carbocycles.